The predicted molar refractivity (Wildman–Crippen MR) is 78.6 cm³/mol. The molecule has 0 saturated carbocycles. The highest BCUT2D eigenvalue weighted by molar-refractivity contribution is 6.06. The van der Waals surface area contributed by atoms with Gasteiger partial charge in [-0.15, -0.1) is 0 Å². The van der Waals surface area contributed by atoms with Gasteiger partial charge in [-0.2, -0.15) is 0 Å². The summed E-state index contributed by atoms with van der Waals surface area (Å²) in [6.07, 6.45) is 3.00. The number of carbonyl (C=O) groups excluding carboxylic acids is 1. The van der Waals surface area contributed by atoms with Crippen LogP contribution in [0.25, 0.3) is 0 Å². The minimum Gasteiger partial charge on any atom is -0.507 e. The van der Waals surface area contributed by atoms with Gasteiger partial charge in [0.1, 0.15) is 11.5 Å². The van der Waals surface area contributed by atoms with E-state index in [1.54, 1.807) is 38.4 Å². The highest BCUT2D eigenvalue weighted by atomic mass is 16.7. The molecule has 0 unspecified atom stereocenters. The summed E-state index contributed by atoms with van der Waals surface area (Å²) in [4.78, 5) is 13.7. The summed E-state index contributed by atoms with van der Waals surface area (Å²) in [5.41, 5.74) is 0.183. The Hall–Kier alpha value is -2.05. The molecule has 0 spiro atoms. The predicted octanol–water partition coefficient (Wildman–Crippen LogP) is 1.65. The topological polar surface area (TPSA) is 68.2 Å². The fourth-order valence-corrected chi connectivity index (χ4v) is 1.42. The van der Waals surface area contributed by atoms with Crippen LogP contribution in [0.2, 0.25) is 0 Å². The number of methoxy groups -OCH3 is 1. The van der Waals surface area contributed by atoms with Crippen molar-refractivity contribution in [3.8, 4) is 11.5 Å². The normalized spacial score (nSPS) is 10.8. The molecule has 1 N–H and O–H groups in total. The molecule has 0 aliphatic carbocycles. The summed E-state index contributed by atoms with van der Waals surface area (Å²) in [6, 6.07) is 4.47. The van der Waals surface area contributed by atoms with Crippen LogP contribution in [0.5, 0.6) is 11.5 Å². The Labute approximate surface area is 124 Å². The number of nitrogens with zero attached hydrogens (tertiary/aromatic N) is 1. The summed E-state index contributed by atoms with van der Waals surface area (Å²) in [6.45, 7) is 0.958. The number of ketones is 1. The summed E-state index contributed by atoms with van der Waals surface area (Å²) >= 11 is 0. The first-order valence-corrected chi connectivity index (χ1v) is 6.46. The van der Waals surface area contributed by atoms with Gasteiger partial charge in [0, 0.05) is 33.5 Å². The van der Waals surface area contributed by atoms with Gasteiger partial charge in [-0.3, -0.25) is 4.79 Å². The van der Waals surface area contributed by atoms with Crippen molar-refractivity contribution in [3.63, 3.8) is 0 Å². The molecule has 0 bridgehead atoms. The van der Waals surface area contributed by atoms with Gasteiger partial charge in [0.15, 0.2) is 12.6 Å². The second-order valence-corrected chi connectivity index (χ2v) is 4.49. The van der Waals surface area contributed by atoms with Gasteiger partial charge in [-0.1, -0.05) is 0 Å². The van der Waals surface area contributed by atoms with E-state index >= 15 is 0 Å². The van der Waals surface area contributed by atoms with Crippen molar-refractivity contribution in [2.24, 2.45) is 0 Å². The van der Waals surface area contributed by atoms with Gasteiger partial charge in [0.05, 0.1) is 18.8 Å². The second kappa shape index (κ2) is 8.99. The molecule has 0 atom stereocenters. The third-order valence-electron chi connectivity index (χ3n) is 2.50. The van der Waals surface area contributed by atoms with Gasteiger partial charge < -0.3 is 24.2 Å². The van der Waals surface area contributed by atoms with E-state index in [1.807, 2.05) is 0 Å². The lowest BCUT2D eigenvalue weighted by atomic mass is 10.1. The molecule has 116 valence electrons. The summed E-state index contributed by atoms with van der Waals surface area (Å²) in [5, 5.41) is 9.74. The average molecular weight is 295 g/mol. The number of benzene rings is 1. The van der Waals surface area contributed by atoms with Crippen LogP contribution >= 0.6 is 0 Å². The Morgan fingerprint density at radius 3 is 2.76 bits per heavy atom. The van der Waals surface area contributed by atoms with Crippen LogP contribution in [0.4, 0.5) is 0 Å². The first-order valence-electron chi connectivity index (χ1n) is 6.46. The molecular weight excluding hydrogens is 274 g/mol. The van der Waals surface area contributed by atoms with Crippen molar-refractivity contribution in [1.82, 2.24) is 4.90 Å². The molecule has 21 heavy (non-hydrogen) atoms. The minimum absolute atomic E-state index is 0.0509. The number of allylic oxidation sites excluding steroid dienone is 1. The summed E-state index contributed by atoms with van der Waals surface area (Å²) in [5.74, 6) is 0.0647. The largest absolute Gasteiger partial charge is 0.507 e. The van der Waals surface area contributed by atoms with Crippen molar-refractivity contribution >= 4 is 5.78 Å². The monoisotopic (exact) mass is 295 g/mol. The lowest BCUT2D eigenvalue weighted by Crippen LogP contribution is -2.08. The van der Waals surface area contributed by atoms with Crippen molar-refractivity contribution in [2.75, 3.05) is 41.2 Å². The van der Waals surface area contributed by atoms with Gasteiger partial charge in [0.2, 0.25) is 0 Å². The minimum atomic E-state index is -0.299. The molecule has 0 aliphatic rings. The highest BCUT2D eigenvalue weighted by Gasteiger charge is 2.10. The molecule has 0 aromatic heterocycles. The van der Waals surface area contributed by atoms with E-state index < -0.39 is 0 Å². The van der Waals surface area contributed by atoms with E-state index in [0.29, 0.717) is 19.0 Å². The van der Waals surface area contributed by atoms with Crippen LogP contribution in [0, 0.1) is 0 Å². The molecule has 0 radical (unpaired) electrons. The molecule has 0 fully saturated rings. The Morgan fingerprint density at radius 2 is 2.10 bits per heavy atom. The van der Waals surface area contributed by atoms with Crippen molar-refractivity contribution < 1.29 is 24.1 Å². The number of phenolic OH excluding ortho intramolecular Hbond substituents is 1. The molecule has 6 heteroatoms. The van der Waals surface area contributed by atoms with Gasteiger partial charge in [0.25, 0.3) is 0 Å². The first kappa shape index (κ1) is 17.0. The smallest absolute Gasteiger partial charge is 0.191 e. The third-order valence-corrected chi connectivity index (χ3v) is 2.50. The summed E-state index contributed by atoms with van der Waals surface area (Å²) < 4.78 is 15.4. The standard InChI is InChI=1S/C15H21NO5/c1-16(2)7-6-15(18)13-10-12(4-5-14(13)17)21-11-20-9-8-19-3/h4-7,10,17H,8-9,11H2,1-3H3/b7-6+. The molecule has 1 aromatic rings. The lowest BCUT2D eigenvalue weighted by molar-refractivity contribution is -0.00851. The number of aromatic hydroxyl groups is 1. The molecular formula is C15H21NO5. The van der Waals surface area contributed by atoms with E-state index in [-0.39, 0.29) is 23.9 Å². The number of hydrogen-bond donors (Lipinski definition) is 1. The molecule has 0 saturated heterocycles. The SMILES string of the molecule is COCCOCOc1ccc(O)c(C(=O)/C=C/N(C)C)c1. The van der Waals surface area contributed by atoms with E-state index in [4.69, 9.17) is 14.2 Å². The number of hydrogen-bond acceptors (Lipinski definition) is 6. The van der Waals surface area contributed by atoms with Crippen molar-refractivity contribution in [1.29, 1.82) is 0 Å². The van der Waals surface area contributed by atoms with Crippen LogP contribution in [0.15, 0.2) is 30.5 Å². The highest BCUT2D eigenvalue weighted by Crippen LogP contribution is 2.23. The molecule has 1 rings (SSSR count). The van der Waals surface area contributed by atoms with Gasteiger partial charge in [-0.05, 0) is 18.2 Å². The molecule has 6 nitrogen and oxygen atoms in total. The van der Waals surface area contributed by atoms with E-state index in [0.717, 1.165) is 0 Å². The van der Waals surface area contributed by atoms with Crippen LogP contribution in [0.1, 0.15) is 10.4 Å². The van der Waals surface area contributed by atoms with Crippen molar-refractivity contribution in [2.45, 2.75) is 0 Å². The van der Waals surface area contributed by atoms with Crippen LogP contribution in [-0.2, 0) is 9.47 Å². The number of rotatable bonds is 9. The van der Waals surface area contributed by atoms with Crippen LogP contribution < -0.4 is 4.74 Å². The summed E-state index contributed by atoms with van der Waals surface area (Å²) in [7, 11) is 5.20. The van der Waals surface area contributed by atoms with Crippen LogP contribution in [0.3, 0.4) is 0 Å². The van der Waals surface area contributed by atoms with Crippen molar-refractivity contribution in [3.05, 3.63) is 36.0 Å². The van der Waals surface area contributed by atoms with Crippen LogP contribution in [-0.4, -0.2) is 57.0 Å². The van der Waals surface area contributed by atoms with E-state index in [1.165, 1.54) is 18.2 Å². The zero-order valence-electron chi connectivity index (χ0n) is 12.5. The molecule has 0 amide bonds. The third kappa shape index (κ3) is 6.29. The molecule has 1 aromatic carbocycles. The maximum atomic E-state index is 12.0. The Balaban J connectivity index is 2.64. The average Bonchev–Trinajstić information content (AvgIpc) is 2.46. The lowest BCUT2D eigenvalue weighted by Gasteiger charge is -2.09. The first-order chi connectivity index (χ1) is 10.0. The Morgan fingerprint density at radius 1 is 1.33 bits per heavy atom. The number of phenols is 1. The molecule has 0 heterocycles. The fraction of sp³-hybridized carbons (Fsp3) is 0.400. The number of ether oxygens (including phenoxy) is 3. The fourth-order valence-electron chi connectivity index (χ4n) is 1.42. The zero-order valence-corrected chi connectivity index (χ0v) is 12.5. The van der Waals surface area contributed by atoms with Gasteiger partial charge >= 0.3 is 0 Å². The Kier molecular flexibility index (Phi) is 7.28. The molecule has 0 aliphatic heterocycles. The van der Waals surface area contributed by atoms with E-state index in [9.17, 15) is 9.90 Å². The maximum absolute atomic E-state index is 12.0. The maximum Gasteiger partial charge on any atom is 0.191 e. The zero-order chi connectivity index (χ0) is 15.7. The van der Waals surface area contributed by atoms with E-state index in [2.05, 4.69) is 0 Å². The quantitative estimate of drug-likeness (QED) is 0.323. The second-order valence-electron chi connectivity index (χ2n) is 4.49. The Bertz CT molecular complexity index is 485. The van der Waals surface area contributed by atoms with Gasteiger partial charge in [-0.25, -0.2) is 0 Å². The number of carbonyl (C=O) groups is 1.